The van der Waals surface area contributed by atoms with Gasteiger partial charge in [0.1, 0.15) is 0 Å². The van der Waals surface area contributed by atoms with Gasteiger partial charge < -0.3 is 15.4 Å². The Kier molecular flexibility index (Phi) is 2.17. The maximum absolute atomic E-state index is 10.6. The van der Waals surface area contributed by atoms with E-state index >= 15 is 0 Å². The van der Waals surface area contributed by atoms with Crippen molar-refractivity contribution in [1.82, 2.24) is 4.57 Å². The van der Waals surface area contributed by atoms with E-state index in [-0.39, 0.29) is 5.56 Å². The third kappa shape index (κ3) is 1.83. The lowest BCUT2D eigenvalue weighted by Crippen LogP contribution is -1.97. The molecule has 0 aliphatic carbocycles. The van der Waals surface area contributed by atoms with Crippen molar-refractivity contribution in [1.29, 1.82) is 0 Å². The van der Waals surface area contributed by atoms with Gasteiger partial charge in [0, 0.05) is 23.8 Å². The minimum atomic E-state index is -0.923. The molecule has 4 heteroatoms. The molecule has 1 heterocycles. The molecular formula is C11H10N2O2. The lowest BCUT2D eigenvalue weighted by molar-refractivity contribution is 0.0697. The van der Waals surface area contributed by atoms with E-state index in [1.807, 2.05) is 10.8 Å². The number of carboxylic acid groups (broad SMARTS) is 1. The number of hydrogen-bond donors (Lipinski definition) is 2. The average Bonchev–Trinajstić information content (AvgIpc) is 2.65. The summed E-state index contributed by atoms with van der Waals surface area (Å²) in [4.78, 5) is 10.6. The Morgan fingerprint density at radius 2 is 1.87 bits per heavy atom. The molecular weight excluding hydrogens is 192 g/mol. The fourth-order valence-electron chi connectivity index (χ4n) is 1.35. The van der Waals surface area contributed by atoms with E-state index in [0.29, 0.717) is 5.69 Å². The SMILES string of the molecule is Nc1ccn(-c2ccc(C(=O)O)cc2)c1. The Hall–Kier alpha value is -2.23. The predicted molar refractivity (Wildman–Crippen MR) is 57.1 cm³/mol. The molecule has 0 aliphatic heterocycles. The van der Waals surface area contributed by atoms with Crippen LogP contribution in [0.3, 0.4) is 0 Å². The highest BCUT2D eigenvalue weighted by atomic mass is 16.4. The van der Waals surface area contributed by atoms with Gasteiger partial charge in [0.25, 0.3) is 0 Å². The van der Waals surface area contributed by atoms with Crippen LogP contribution in [0.4, 0.5) is 5.69 Å². The van der Waals surface area contributed by atoms with Crippen LogP contribution in [-0.4, -0.2) is 15.6 Å². The number of rotatable bonds is 2. The minimum absolute atomic E-state index is 0.277. The maximum atomic E-state index is 10.6. The van der Waals surface area contributed by atoms with Crippen LogP contribution in [0.15, 0.2) is 42.7 Å². The maximum Gasteiger partial charge on any atom is 0.335 e. The van der Waals surface area contributed by atoms with Crippen molar-refractivity contribution >= 4 is 11.7 Å². The molecule has 0 fully saturated rings. The molecule has 0 saturated heterocycles. The van der Waals surface area contributed by atoms with Crippen LogP contribution in [-0.2, 0) is 0 Å². The number of nitrogen functional groups attached to an aromatic ring is 1. The number of aromatic carboxylic acids is 1. The fraction of sp³-hybridized carbons (Fsp3) is 0. The molecule has 0 spiro atoms. The van der Waals surface area contributed by atoms with Crippen molar-refractivity contribution in [3.8, 4) is 5.69 Å². The largest absolute Gasteiger partial charge is 0.478 e. The van der Waals surface area contributed by atoms with Gasteiger partial charge in [0.2, 0.25) is 0 Å². The lowest BCUT2D eigenvalue weighted by atomic mass is 10.2. The molecule has 0 unspecified atom stereocenters. The highest BCUT2D eigenvalue weighted by molar-refractivity contribution is 5.87. The first-order chi connectivity index (χ1) is 7.16. The highest BCUT2D eigenvalue weighted by Gasteiger charge is 2.02. The van der Waals surface area contributed by atoms with Crippen LogP contribution in [0.1, 0.15) is 10.4 Å². The highest BCUT2D eigenvalue weighted by Crippen LogP contribution is 2.12. The van der Waals surface area contributed by atoms with Crippen molar-refractivity contribution in [2.75, 3.05) is 5.73 Å². The molecule has 15 heavy (non-hydrogen) atoms. The number of hydrogen-bond acceptors (Lipinski definition) is 2. The van der Waals surface area contributed by atoms with Crippen molar-refractivity contribution in [2.24, 2.45) is 0 Å². The minimum Gasteiger partial charge on any atom is -0.478 e. The number of aromatic nitrogens is 1. The third-order valence-electron chi connectivity index (χ3n) is 2.13. The summed E-state index contributed by atoms with van der Waals surface area (Å²) in [6.45, 7) is 0. The number of nitrogens with zero attached hydrogens (tertiary/aromatic N) is 1. The molecule has 0 amide bonds. The normalized spacial score (nSPS) is 10.1. The van der Waals surface area contributed by atoms with E-state index in [0.717, 1.165) is 5.69 Å². The first-order valence-electron chi connectivity index (χ1n) is 4.44. The zero-order valence-corrected chi connectivity index (χ0v) is 7.92. The van der Waals surface area contributed by atoms with Crippen LogP contribution >= 0.6 is 0 Å². The first-order valence-corrected chi connectivity index (χ1v) is 4.44. The summed E-state index contributed by atoms with van der Waals surface area (Å²) in [6.07, 6.45) is 3.60. The quantitative estimate of drug-likeness (QED) is 0.779. The molecule has 0 aliphatic rings. The van der Waals surface area contributed by atoms with Crippen LogP contribution < -0.4 is 5.73 Å². The van der Waals surface area contributed by atoms with Gasteiger partial charge in [-0.05, 0) is 30.3 Å². The van der Waals surface area contributed by atoms with Crippen molar-refractivity contribution in [3.05, 3.63) is 48.3 Å². The summed E-state index contributed by atoms with van der Waals surface area (Å²) >= 11 is 0. The van der Waals surface area contributed by atoms with Gasteiger partial charge >= 0.3 is 5.97 Å². The molecule has 76 valence electrons. The van der Waals surface area contributed by atoms with E-state index in [1.165, 1.54) is 0 Å². The topological polar surface area (TPSA) is 68.2 Å². The lowest BCUT2D eigenvalue weighted by Gasteiger charge is -2.02. The Morgan fingerprint density at radius 3 is 2.33 bits per heavy atom. The van der Waals surface area contributed by atoms with Crippen LogP contribution in [0.5, 0.6) is 0 Å². The number of anilines is 1. The van der Waals surface area contributed by atoms with E-state index < -0.39 is 5.97 Å². The van der Waals surface area contributed by atoms with Crippen molar-refractivity contribution in [3.63, 3.8) is 0 Å². The fourth-order valence-corrected chi connectivity index (χ4v) is 1.35. The van der Waals surface area contributed by atoms with Crippen LogP contribution in [0, 0.1) is 0 Å². The van der Waals surface area contributed by atoms with Gasteiger partial charge in [0.15, 0.2) is 0 Å². The predicted octanol–water partition coefficient (Wildman–Crippen LogP) is 1.76. The summed E-state index contributed by atoms with van der Waals surface area (Å²) in [5, 5.41) is 8.72. The Bertz CT molecular complexity index is 486. The molecule has 0 bridgehead atoms. The third-order valence-corrected chi connectivity index (χ3v) is 2.13. The molecule has 2 rings (SSSR count). The van der Waals surface area contributed by atoms with Gasteiger partial charge in [-0.15, -0.1) is 0 Å². The summed E-state index contributed by atoms with van der Waals surface area (Å²) < 4.78 is 1.83. The monoisotopic (exact) mass is 202 g/mol. The zero-order chi connectivity index (χ0) is 10.8. The summed E-state index contributed by atoms with van der Waals surface area (Å²) in [6, 6.07) is 8.39. The second-order valence-electron chi connectivity index (χ2n) is 3.20. The summed E-state index contributed by atoms with van der Waals surface area (Å²) in [7, 11) is 0. The van der Waals surface area contributed by atoms with E-state index in [4.69, 9.17) is 10.8 Å². The van der Waals surface area contributed by atoms with E-state index in [1.54, 1.807) is 36.5 Å². The number of carboxylic acids is 1. The van der Waals surface area contributed by atoms with E-state index in [9.17, 15) is 4.79 Å². The van der Waals surface area contributed by atoms with Crippen LogP contribution in [0.25, 0.3) is 5.69 Å². The van der Waals surface area contributed by atoms with Crippen molar-refractivity contribution in [2.45, 2.75) is 0 Å². The van der Waals surface area contributed by atoms with Gasteiger partial charge in [-0.25, -0.2) is 4.79 Å². The number of nitrogens with two attached hydrogens (primary N) is 1. The molecule has 0 saturated carbocycles. The summed E-state index contributed by atoms with van der Waals surface area (Å²) in [5.41, 5.74) is 7.42. The molecule has 1 aromatic carbocycles. The zero-order valence-electron chi connectivity index (χ0n) is 7.92. The molecule has 0 atom stereocenters. The number of carbonyl (C=O) groups is 1. The smallest absolute Gasteiger partial charge is 0.335 e. The Labute approximate surface area is 86.6 Å². The second kappa shape index (κ2) is 3.49. The summed E-state index contributed by atoms with van der Waals surface area (Å²) in [5.74, 6) is -0.923. The Morgan fingerprint density at radius 1 is 1.20 bits per heavy atom. The van der Waals surface area contributed by atoms with Gasteiger partial charge in [-0.1, -0.05) is 0 Å². The Balaban J connectivity index is 2.35. The average molecular weight is 202 g/mol. The molecule has 2 aromatic rings. The molecule has 4 nitrogen and oxygen atoms in total. The van der Waals surface area contributed by atoms with Gasteiger partial charge in [-0.2, -0.15) is 0 Å². The van der Waals surface area contributed by atoms with Crippen molar-refractivity contribution < 1.29 is 9.90 Å². The number of benzene rings is 1. The van der Waals surface area contributed by atoms with Gasteiger partial charge in [0.05, 0.1) is 5.56 Å². The molecule has 0 radical (unpaired) electrons. The molecule has 1 aromatic heterocycles. The first kappa shape index (κ1) is 9.33. The second-order valence-corrected chi connectivity index (χ2v) is 3.20. The standard InChI is InChI=1S/C11H10N2O2/c12-9-5-6-13(7-9)10-3-1-8(2-4-10)11(14)15/h1-7H,12H2,(H,14,15). The molecule has 3 N–H and O–H groups in total. The van der Waals surface area contributed by atoms with E-state index in [2.05, 4.69) is 0 Å². The van der Waals surface area contributed by atoms with Crippen LogP contribution in [0.2, 0.25) is 0 Å². The van der Waals surface area contributed by atoms with Gasteiger partial charge in [-0.3, -0.25) is 0 Å².